The summed E-state index contributed by atoms with van der Waals surface area (Å²) < 4.78 is 44.4. The minimum absolute atomic E-state index is 0.0299. The van der Waals surface area contributed by atoms with Gasteiger partial charge in [-0.3, -0.25) is 9.59 Å². The van der Waals surface area contributed by atoms with Gasteiger partial charge in [0, 0.05) is 12.1 Å². The van der Waals surface area contributed by atoms with Crippen LogP contribution in [0.2, 0.25) is 0 Å². The number of para-hydroxylation sites is 1. The lowest BCUT2D eigenvalue weighted by Crippen LogP contribution is -2.65. The molecule has 0 unspecified atom stereocenters. The number of urea groups is 1. The van der Waals surface area contributed by atoms with Crippen molar-refractivity contribution >= 4 is 23.5 Å². The highest BCUT2D eigenvalue weighted by Gasteiger charge is 2.50. The Bertz CT molecular complexity index is 1290. The number of nitrogens with zero attached hydrogens (tertiary/aromatic N) is 2. The van der Waals surface area contributed by atoms with E-state index in [1.807, 2.05) is 18.2 Å². The number of hydrogen-bond donors (Lipinski definition) is 1. The molecular formula is C26H20F3N3O4. The Kier molecular flexibility index (Phi) is 5.87. The van der Waals surface area contributed by atoms with E-state index in [-0.39, 0.29) is 12.1 Å². The van der Waals surface area contributed by atoms with Gasteiger partial charge in [-0.15, -0.1) is 0 Å². The second-order valence-electron chi connectivity index (χ2n) is 8.45. The number of ether oxygens (including phenoxy) is 1. The van der Waals surface area contributed by atoms with E-state index in [1.54, 1.807) is 36.4 Å². The smallest absolute Gasteiger partial charge is 0.416 e. The summed E-state index contributed by atoms with van der Waals surface area (Å²) in [5.41, 5.74) is -0.544. The van der Waals surface area contributed by atoms with Gasteiger partial charge in [0.15, 0.2) is 0 Å². The number of hydrogen-bond acceptors (Lipinski definition) is 4. The van der Waals surface area contributed by atoms with Crippen LogP contribution in [-0.2, 0) is 11.0 Å². The van der Waals surface area contributed by atoms with Crippen molar-refractivity contribution in [1.29, 1.82) is 0 Å². The van der Waals surface area contributed by atoms with Crippen LogP contribution in [0.15, 0.2) is 78.9 Å². The topological polar surface area (TPSA) is 79.0 Å². The highest BCUT2D eigenvalue weighted by molar-refractivity contribution is 6.19. The molecule has 36 heavy (non-hydrogen) atoms. The summed E-state index contributed by atoms with van der Waals surface area (Å²) in [5, 5.41) is 2.77. The standard InChI is InChI=1S/C26H20F3N3O4/c27-26(28,29)17-8-6-16(7-9-17)23(33)31-15-14-21-22(31)24(34)32(25(35)30-21)18-10-12-20(13-11-18)36-19-4-2-1-3-5-19/h1-13,21-22H,14-15H2,(H,30,35)/t21-,22+/m1/s1. The molecule has 2 heterocycles. The molecule has 4 amide bonds. The van der Waals surface area contributed by atoms with E-state index in [9.17, 15) is 27.6 Å². The van der Waals surface area contributed by atoms with Crippen molar-refractivity contribution in [3.63, 3.8) is 0 Å². The Morgan fingerprint density at radius 2 is 1.53 bits per heavy atom. The molecule has 5 rings (SSSR count). The fourth-order valence-electron chi connectivity index (χ4n) is 4.43. The zero-order valence-corrected chi connectivity index (χ0v) is 18.7. The molecule has 2 aliphatic heterocycles. The maximum Gasteiger partial charge on any atom is 0.416 e. The number of likely N-dealkylation sites (tertiary alicyclic amines) is 1. The Labute approximate surface area is 204 Å². The van der Waals surface area contributed by atoms with E-state index < -0.39 is 41.7 Å². The Morgan fingerprint density at radius 3 is 2.17 bits per heavy atom. The lowest BCUT2D eigenvalue weighted by molar-refractivity contribution is -0.137. The largest absolute Gasteiger partial charge is 0.457 e. The number of carbonyl (C=O) groups excluding carboxylic acids is 3. The number of imide groups is 1. The second-order valence-corrected chi connectivity index (χ2v) is 8.45. The predicted octanol–water partition coefficient (Wildman–Crippen LogP) is 4.84. The highest BCUT2D eigenvalue weighted by atomic mass is 19.4. The molecule has 0 spiro atoms. The Morgan fingerprint density at radius 1 is 0.889 bits per heavy atom. The van der Waals surface area contributed by atoms with E-state index in [1.165, 1.54) is 4.90 Å². The molecule has 0 saturated carbocycles. The summed E-state index contributed by atoms with van der Waals surface area (Å²) in [6.45, 7) is 0.179. The molecule has 2 saturated heterocycles. The summed E-state index contributed by atoms with van der Waals surface area (Å²) in [7, 11) is 0. The first-order valence-corrected chi connectivity index (χ1v) is 11.2. The second kappa shape index (κ2) is 9.03. The van der Waals surface area contributed by atoms with Gasteiger partial charge in [0.25, 0.3) is 11.8 Å². The number of nitrogens with one attached hydrogen (secondary N) is 1. The molecule has 0 radical (unpaired) electrons. The molecule has 0 bridgehead atoms. The first kappa shape index (κ1) is 23.4. The van der Waals surface area contributed by atoms with Crippen LogP contribution in [0, 0.1) is 0 Å². The minimum Gasteiger partial charge on any atom is -0.457 e. The van der Waals surface area contributed by atoms with Gasteiger partial charge in [-0.1, -0.05) is 18.2 Å². The number of fused-ring (bicyclic) bond motifs is 1. The third-order valence-electron chi connectivity index (χ3n) is 6.18. The normalized spacial score (nSPS) is 19.6. The summed E-state index contributed by atoms with van der Waals surface area (Å²) in [6, 6.07) is 17.1. The molecule has 2 aliphatic rings. The Hall–Kier alpha value is -4.34. The van der Waals surface area contributed by atoms with Crippen molar-refractivity contribution in [2.75, 3.05) is 11.4 Å². The first-order valence-electron chi connectivity index (χ1n) is 11.2. The first-order chi connectivity index (χ1) is 17.2. The molecule has 3 aromatic rings. The average Bonchev–Trinajstić information content (AvgIpc) is 3.29. The van der Waals surface area contributed by atoms with E-state index in [4.69, 9.17) is 4.74 Å². The van der Waals surface area contributed by atoms with Crippen molar-refractivity contribution in [1.82, 2.24) is 10.2 Å². The van der Waals surface area contributed by atoms with Crippen LogP contribution in [-0.4, -0.2) is 41.4 Å². The molecule has 2 atom stereocenters. The van der Waals surface area contributed by atoms with E-state index in [2.05, 4.69) is 5.32 Å². The van der Waals surface area contributed by atoms with Crippen LogP contribution in [0.25, 0.3) is 0 Å². The predicted molar refractivity (Wildman–Crippen MR) is 124 cm³/mol. The van der Waals surface area contributed by atoms with Gasteiger partial charge < -0.3 is 15.0 Å². The average molecular weight is 495 g/mol. The maximum absolute atomic E-state index is 13.4. The lowest BCUT2D eigenvalue weighted by Gasteiger charge is -2.37. The van der Waals surface area contributed by atoms with Crippen LogP contribution >= 0.6 is 0 Å². The summed E-state index contributed by atoms with van der Waals surface area (Å²) in [6.07, 6.45) is -4.17. The third kappa shape index (κ3) is 4.37. The fourth-order valence-corrected chi connectivity index (χ4v) is 4.43. The molecular weight excluding hydrogens is 475 g/mol. The lowest BCUT2D eigenvalue weighted by atomic mass is 10.0. The Balaban J connectivity index is 1.35. The third-order valence-corrected chi connectivity index (χ3v) is 6.18. The van der Waals surface area contributed by atoms with Gasteiger partial charge in [0.2, 0.25) is 0 Å². The van der Waals surface area contributed by atoms with E-state index >= 15 is 0 Å². The number of anilines is 1. The number of carbonyl (C=O) groups is 3. The van der Waals surface area contributed by atoms with Crippen molar-refractivity contribution in [2.45, 2.75) is 24.7 Å². The fraction of sp³-hybridized carbons (Fsp3) is 0.192. The molecule has 7 nitrogen and oxygen atoms in total. The number of halogens is 3. The van der Waals surface area contributed by atoms with Gasteiger partial charge in [0.05, 0.1) is 17.3 Å². The summed E-state index contributed by atoms with van der Waals surface area (Å²) in [4.78, 5) is 41.5. The summed E-state index contributed by atoms with van der Waals surface area (Å²) in [5.74, 6) is -0.0264. The minimum atomic E-state index is -4.52. The SMILES string of the molecule is O=C1N[C@@H]2CCN(C(=O)c3ccc(C(F)(F)F)cc3)[C@@H]2C(=O)N1c1ccc(Oc2ccccc2)cc1. The molecule has 2 fully saturated rings. The summed E-state index contributed by atoms with van der Waals surface area (Å²) >= 11 is 0. The number of rotatable bonds is 4. The van der Waals surface area contributed by atoms with Crippen LogP contribution in [0.3, 0.4) is 0 Å². The molecule has 1 N–H and O–H groups in total. The maximum atomic E-state index is 13.4. The van der Waals surface area contributed by atoms with Crippen molar-refractivity contribution in [3.8, 4) is 11.5 Å². The highest BCUT2D eigenvalue weighted by Crippen LogP contribution is 2.32. The zero-order valence-electron chi connectivity index (χ0n) is 18.7. The van der Waals surface area contributed by atoms with Gasteiger partial charge in [-0.2, -0.15) is 13.2 Å². The molecule has 3 aromatic carbocycles. The van der Waals surface area contributed by atoms with Crippen LogP contribution in [0.1, 0.15) is 22.3 Å². The number of benzene rings is 3. The van der Waals surface area contributed by atoms with Crippen molar-refractivity contribution in [3.05, 3.63) is 90.0 Å². The quantitative estimate of drug-likeness (QED) is 0.562. The van der Waals surface area contributed by atoms with Crippen LogP contribution in [0.5, 0.6) is 11.5 Å². The van der Waals surface area contributed by atoms with Gasteiger partial charge in [0.1, 0.15) is 17.5 Å². The van der Waals surface area contributed by atoms with Crippen molar-refractivity contribution in [2.24, 2.45) is 0 Å². The zero-order chi connectivity index (χ0) is 25.4. The van der Waals surface area contributed by atoms with Crippen LogP contribution < -0.4 is 15.0 Å². The monoisotopic (exact) mass is 495 g/mol. The molecule has 0 aliphatic carbocycles. The van der Waals surface area contributed by atoms with Gasteiger partial charge in [-0.25, -0.2) is 9.69 Å². The van der Waals surface area contributed by atoms with Gasteiger partial charge in [-0.05, 0) is 67.1 Å². The van der Waals surface area contributed by atoms with Crippen molar-refractivity contribution < 1.29 is 32.3 Å². The number of amides is 4. The molecule has 184 valence electrons. The van der Waals surface area contributed by atoms with E-state index in [0.717, 1.165) is 29.2 Å². The van der Waals surface area contributed by atoms with E-state index in [0.29, 0.717) is 23.6 Å². The number of alkyl halides is 3. The molecule has 0 aromatic heterocycles. The molecule has 10 heteroatoms. The van der Waals surface area contributed by atoms with Crippen LogP contribution in [0.4, 0.5) is 23.7 Å². The van der Waals surface area contributed by atoms with Gasteiger partial charge >= 0.3 is 12.2 Å².